The summed E-state index contributed by atoms with van der Waals surface area (Å²) >= 11 is 0. The predicted molar refractivity (Wildman–Crippen MR) is 77.8 cm³/mol. The van der Waals surface area contributed by atoms with Crippen molar-refractivity contribution >= 4 is 5.82 Å². The maximum Gasteiger partial charge on any atom is 0.161 e. The van der Waals surface area contributed by atoms with E-state index in [-0.39, 0.29) is 0 Å². The Morgan fingerprint density at radius 3 is 2.55 bits per heavy atom. The van der Waals surface area contributed by atoms with Crippen molar-refractivity contribution in [3.8, 4) is 0 Å². The molecule has 1 aliphatic rings. The molecule has 1 aromatic heterocycles. The molecular formula is C15H17F3N4. The van der Waals surface area contributed by atoms with Crippen LogP contribution in [-0.2, 0) is 0 Å². The Bertz CT molecular complexity index is 595. The highest BCUT2D eigenvalue weighted by Crippen LogP contribution is 2.15. The summed E-state index contributed by atoms with van der Waals surface area (Å²) in [6.45, 7) is 1.97. The Hall–Kier alpha value is -2.15. The van der Waals surface area contributed by atoms with Gasteiger partial charge in [0.1, 0.15) is 18.0 Å². The van der Waals surface area contributed by atoms with Crippen LogP contribution in [0.3, 0.4) is 0 Å². The first-order valence-corrected chi connectivity index (χ1v) is 6.93. The molecule has 22 heavy (non-hydrogen) atoms. The third-order valence-electron chi connectivity index (χ3n) is 3.23. The lowest BCUT2D eigenvalue weighted by molar-refractivity contribution is 0.495. The quantitative estimate of drug-likeness (QED) is 0.822. The molecule has 3 rings (SSSR count). The van der Waals surface area contributed by atoms with Crippen molar-refractivity contribution in [2.75, 3.05) is 18.0 Å². The predicted octanol–water partition coefficient (Wildman–Crippen LogP) is 2.51. The van der Waals surface area contributed by atoms with Crippen LogP contribution in [0.25, 0.3) is 0 Å². The van der Waals surface area contributed by atoms with Gasteiger partial charge < -0.3 is 10.6 Å². The maximum atomic E-state index is 12.0. The van der Waals surface area contributed by atoms with Gasteiger partial charge in [-0.1, -0.05) is 0 Å². The van der Waals surface area contributed by atoms with Gasteiger partial charge in [0.05, 0.1) is 0 Å². The Morgan fingerprint density at radius 1 is 1.14 bits per heavy atom. The molecule has 1 atom stereocenters. The van der Waals surface area contributed by atoms with Gasteiger partial charge in [0.2, 0.25) is 0 Å². The fourth-order valence-electron chi connectivity index (χ4n) is 2.16. The number of nitrogens with two attached hydrogens (primary N) is 1. The van der Waals surface area contributed by atoms with Crippen molar-refractivity contribution in [2.24, 2.45) is 5.73 Å². The molecule has 1 aliphatic heterocycles. The topological polar surface area (TPSA) is 55.0 Å². The fraction of sp³-hybridized carbons (Fsp3) is 0.333. The zero-order valence-electron chi connectivity index (χ0n) is 11.9. The van der Waals surface area contributed by atoms with Gasteiger partial charge in [-0.25, -0.2) is 23.1 Å². The van der Waals surface area contributed by atoms with Gasteiger partial charge in [-0.3, -0.25) is 0 Å². The van der Waals surface area contributed by atoms with Crippen LogP contribution in [0.5, 0.6) is 0 Å². The van der Waals surface area contributed by atoms with E-state index in [1.165, 1.54) is 0 Å². The average Bonchev–Trinajstić information content (AvgIpc) is 2.53. The molecule has 0 unspecified atom stereocenters. The summed E-state index contributed by atoms with van der Waals surface area (Å²) in [6, 6.07) is 4.32. The SMILES string of the molecule is Fc1ccc(F)c(F)c1.N[C@@H]1CCCN(c2ccncn2)C1. The van der Waals surface area contributed by atoms with E-state index in [1.807, 2.05) is 6.07 Å². The summed E-state index contributed by atoms with van der Waals surface area (Å²) < 4.78 is 35.9. The van der Waals surface area contributed by atoms with Crippen LogP contribution in [-0.4, -0.2) is 29.1 Å². The summed E-state index contributed by atoms with van der Waals surface area (Å²) in [5.74, 6) is -1.97. The summed E-state index contributed by atoms with van der Waals surface area (Å²) in [4.78, 5) is 10.3. The second-order valence-electron chi connectivity index (χ2n) is 4.97. The molecule has 0 radical (unpaired) electrons. The number of nitrogens with zero attached hydrogens (tertiary/aromatic N) is 3. The van der Waals surface area contributed by atoms with Gasteiger partial charge in [0, 0.05) is 31.4 Å². The summed E-state index contributed by atoms with van der Waals surface area (Å²) in [5.41, 5.74) is 5.88. The Labute approximate surface area is 126 Å². The fourth-order valence-corrected chi connectivity index (χ4v) is 2.16. The number of piperidine rings is 1. The van der Waals surface area contributed by atoms with E-state index in [1.54, 1.807) is 12.5 Å². The van der Waals surface area contributed by atoms with E-state index in [4.69, 9.17) is 5.73 Å². The maximum absolute atomic E-state index is 12.0. The van der Waals surface area contributed by atoms with Crippen LogP contribution in [0.15, 0.2) is 36.8 Å². The number of aromatic nitrogens is 2. The molecule has 0 bridgehead atoms. The monoisotopic (exact) mass is 310 g/mol. The van der Waals surface area contributed by atoms with E-state index in [0.29, 0.717) is 12.1 Å². The zero-order valence-corrected chi connectivity index (χ0v) is 11.9. The highest BCUT2D eigenvalue weighted by Gasteiger charge is 2.17. The molecule has 2 aromatic rings. The lowest BCUT2D eigenvalue weighted by atomic mass is 10.1. The minimum absolute atomic E-state index is 0.295. The Morgan fingerprint density at radius 2 is 1.95 bits per heavy atom. The molecule has 1 aromatic carbocycles. The summed E-state index contributed by atoms with van der Waals surface area (Å²) in [5, 5.41) is 0. The summed E-state index contributed by atoms with van der Waals surface area (Å²) in [7, 11) is 0. The van der Waals surface area contributed by atoms with Crippen molar-refractivity contribution in [1.29, 1.82) is 0 Å². The molecule has 0 spiro atoms. The average molecular weight is 310 g/mol. The molecular weight excluding hydrogens is 293 g/mol. The molecule has 1 saturated heterocycles. The molecule has 118 valence electrons. The summed E-state index contributed by atoms with van der Waals surface area (Å²) in [6.07, 6.45) is 5.63. The van der Waals surface area contributed by atoms with E-state index in [0.717, 1.165) is 43.9 Å². The number of hydrogen-bond acceptors (Lipinski definition) is 4. The first-order valence-electron chi connectivity index (χ1n) is 6.93. The van der Waals surface area contributed by atoms with Crippen LogP contribution in [0.1, 0.15) is 12.8 Å². The normalized spacial score (nSPS) is 17.6. The first-order chi connectivity index (χ1) is 10.6. The largest absolute Gasteiger partial charge is 0.355 e. The van der Waals surface area contributed by atoms with Crippen LogP contribution >= 0.6 is 0 Å². The number of rotatable bonds is 1. The minimum atomic E-state index is -1.16. The van der Waals surface area contributed by atoms with Crippen LogP contribution in [0.4, 0.5) is 19.0 Å². The Balaban J connectivity index is 0.000000172. The number of hydrogen-bond donors (Lipinski definition) is 1. The molecule has 2 N–H and O–H groups in total. The van der Waals surface area contributed by atoms with Gasteiger partial charge in [-0.05, 0) is 31.0 Å². The van der Waals surface area contributed by atoms with Crippen molar-refractivity contribution in [2.45, 2.75) is 18.9 Å². The number of benzene rings is 1. The van der Waals surface area contributed by atoms with Crippen LogP contribution in [0.2, 0.25) is 0 Å². The minimum Gasteiger partial charge on any atom is -0.355 e. The molecule has 2 heterocycles. The third kappa shape index (κ3) is 4.70. The molecule has 1 fully saturated rings. The first kappa shape index (κ1) is 16.2. The lowest BCUT2D eigenvalue weighted by Crippen LogP contribution is -2.43. The van der Waals surface area contributed by atoms with E-state index < -0.39 is 17.5 Å². The molecule has 0 saturated carbocycles. The lowest BCUT2D eigenvalue weighted by Gasteiger charge is -2.31. The van der Waals surface area contributed by atoms with Crippen molar-refractivity contribution in [3.63, 3.8) is 0 Å². The smallest absolute Gasteiger partial charge is 0.161 e. The van der Waals surface area contributed by atoms with Crippen LogP contribution < -0.4 is 10.6 Å². The number of halogens is 3. The van der Waals surface area contributed by atoms with Crippen molar-refractivity contribution in [1.82, 2.24) is 9.97 Å². The van der Waals surface area contributed by atoms with Gasteiger partial charge >= 0.3 is 0 Å². The van der Waals surface area contributed by atoms with E-state index in [9.17, 15) is 13.2 Å². The van der Waals surface area contributed by atoms with Gasteiger partial charge in [-0.2, -0.15) is 0 Å². The van der Waals surface area contributed by atoms with Gasteiger partial charge in [0.25, 0.3) is 0 Å². The van der Waals surface area contributed by atoms with E-state index >= 15 is 0 Å². The molecule has 0 aliphatic carbocycles. The number of anilines is 1. The molecule has 0 amide bonds. The highest BCUT2D eigenvalue weighted by atomic mass is 19.2. The zero-order chi connectivity index (χ0) is 15.9. The standard InChI is InChI=1S/C9H14N4.C6H3F3/c10-8-2-1-5-13(6-8)9-3-4-11-7-12-9;7-4-1-2-5(8)6(9)3-4/h3-4,7-8H,1-2,5-6,10H2;1-3H/t8-;/m1./s1. The third-order valence-corrected chi connectivity index (χ3v) is 3.23. The second kappa shape index (κ2) is 7.74. The van der Waals surface area contributed by atoms with E-state index in [2.05, 4.69) is 14.9 Å². The van der Waals surface area contributed by atoms with Crippen molar-refractivity contribution < 1.29 is 13.2 Å². The second-order valence-corrected chi connectivity index (χ2v) is 4.97. The van der Waals surface area contributed by atoms with Crippen molar-refractivity contribution in [3.05, 3.63) is 54.2 Å². The van der Waals surface area contributed by atoms with Gasteiger partial charge in [-0.15, -0.1) is 0 Å². The molecule has 7 heteroatoms. The van der Waals surface area contributed by atoms with Gasteiger partial charge in [0.15, 0.2) is 11.6 Å². The molecule has 4 nitrogen and oxygen atoms in total. The van der Waals surface area contributed by atoms with Crippen LogP contribution in [0, 0.1) is 17.5 Å². The highest BCUT2D eigenvalue weighted by molar-refractivity contribution is 5.37. The Kier molecular flexibility index (Phi) is 5.71.